The van der Waals surface area contributed by atoms with Crippen molar-refractivity contribution in [3.8, 4) is 0 Å². The van der Waals surface area contributed by atoms with E-state index in [1.807, 2.05) is 27.7 Å². The van der Waals surface area contributed by atoms with Gasteiger partial charge in [-0.05, 0) is 61.1 Å². The average molecular weight is 1030 g/mol. The Balaban J connectivity index is 0.000000360. The summed E-state index contributed by atoms with van der Waals surface area (Å²) in [6.07, 6.45) is -3.20. The van der Waals surface area contributed by atoms with E-state index in [0.717, 1.165) is 0 Å². The average Bonchev–Trinajstić information content (AvgIpc) is 3.69. The SMILES string of the molecule is CC(C)C[C@H](NC(=O)CNC(=O)c1cc(Cl)ccc1Cl)B1OC(=O)C(CC(=O)O)(CC(=O)O)O1.CC(C)C[C@H](NC(=O)CNC(=O)c1cc(Cl)ccc1Cl)B1OC(=O)C(CC(=O)O)(CC(=O)O)O1. The summed E-state index contributed by atoms with van der Waals surface area (Å²) >= 11 is 23.7. The Morgan fingerprint density at radius 3 is 1.15 bits per heavy atom. The van der Waals surface area contributed by atoms with Crippen LogP contribution in [0.4, 0.5) is 0 Å². The Kier molecular flexibility index (Phi) is 20.9. The molecule has 0 saturated carbocycles. The Hall–Kier alpha value is -5.65. The van der Waals surface area contributed by atoms with Gasteiger partial charge in [-0.25, -0.2) is 0 Å². The fourth-order valence-corrected chi connectivity index (χ4v) is 7.51. The van der Waals surface area contributed by atoms with Gasteiger partial charge < -0.3 is 60.3 Å². The molecule has 2 aromatic carbocycles. The van der Waals surface area contributed by atoms with Crippen LogP contribution in [0.15, 0.2) is 36.4 Å². The van der Waals surface area contributed by atoms with Crippen LogP contribution in [0.2, 0.25) is 20.1 Å². The van der Waals surface area contributed by atoms with E-state index >= 15 is 0 Å². The minimum atomic E-state index is -2.22. The predicted octanol–water partition coefficient (Wildman–Crippen LogP) is 3.09. The van der Waals surface area contributed by atoms with Crippen LogP contribution in [0, 0.1) is 11.8 Å². The van der Waals surface area contributed by atoms with Gasteiger partial charge in [0.15, 0.2) is 11.2 Å². The van der Waals surface area contributed by atoms with Crippen molar-refractivity contribution in [3.05, 3.63) is 67.6 Å². The third-order valence-electron chi connectivity index (χ3n) is 9.59. The van der Waals surface area contributed by atoms with Crippen molar-refractivity contribution in [2.24, 2.45) is 11.8 Å². The maximum Gasteiger partial charge on any atom is 0.552 e. The molecule has 2 saturated heterocycles. The van der Waals surface area contributed by atoms with Gasteiger partial charge in [0.1, 0.15) is 0 Å². The van der Waals surface area contributed by atoms with Crippen molar-refractivity contribution < 1.29 is 87.0 Å². The zero-order valence-electron chi connectivity index (χ0n) is 36.6. The zero-order valence-corrected chi connectivity index (χ0v) is 39.6. The largest absolute Gasteiger partial charge is 0.552 e. The van der Waals surface area contributed by atoms with Crippen LogP contribution < -0.4 is 21.3 Å². The van der Waals surface area contributed by atoms with Crippen molar-refractivity contribution in [1.29, 1.82) is 0 Å². The lowest BCUT2D eigenvalue weighted by atomic mass is 9.74. The molecule has 2 aliphatic heterocycles. The molecule has 0 aromatic heterocycles. The lowest BCUT2D eigenvalue weighted by Crippen LogP contribution is -2.51. The van der Waals surface area contributed by atoms with Crippen LogP contribution in [0.3, 0.4) is 0 Å². The molecule has 4 amide bonds. The lowest BCUT2D eigenvalue weighted by molar-refractivity contribution is -0.158. The first-order chi connectivity index (χ1) is 31.6. The van der Waals surface area contributed by atoms with Crippen LogP contribution in [-0.2, 0) is 57.0 Å². The van der Waals surface area contributed by atoms with Gasteiger partial charge in [-0.1, -0.05) is 74.1 Å². The molecule has 68 heavy (non-hydrogen) atoms. The number of aliphatic carboxylic acids is 4. The maximum absolute atomic E-state index is 12.5. The molecule has 4 rings (SSSR count). The molecule has 0 spiro atoms. The summed E-state index contributed by atoms with van der Waals surface area (Å²) in [7, 11) is -2.84. The van der Waals surface area contributed by atoms with Gasteiger partial charge in [-0.3, -0.25) is 47.9 Å². The summed E-state index contributed by atoms with van der Waals surface area (Å²) in [5.74, 6) is -12.6. The molecule has 0 bridgehead atoms. The second kappa shape index (κ2) is 25.1. The molecule has 28 heteroatoms. The number of carboxylic acids is 4. The standard InChI is InChI=1S/2C20H23BCl2N2O9/c2*1-10(2)5-14(21-33-19(32)20(34-21,7-16(27)28)8-17(29)30)25-15(26)9-24-18(31)12-6-11(22)3-4-13(12)23/h2*3-4,6,10,14H,5,7-9H2,1-2H3,(H,24,31)(H,25,26)(H,27,28)(H,29,30)/t2*14-/m00/s1. The molecule has 368 valence electrons. The second-order valence-corrected chi connectivity index (χ2v) is 18.0. The number of carbonyl (C=O) groups excluding carboxylic acids is 6. The number of benzene rings is 2. The Morgan fingerprint density at radius 1 is 0.559 bits per heavy atom. The summed E-state index contributed by atoms with van der Waals surface area (Å²) in [5.41, 5.74) is -4.30. The van der Waals surface area contributed by atoms with Crippen molar-refractivity contribution in [2.75, 3.05) is 13.1 Å². The van der Waals surface area contributed by atoms with Gasteiger partial charge in [-0.15, -0.1) is 0 Å². The number of hydrogen-bond acceptors (Lipinski definition) is 14. The van der Waals surface area contributed by atoms with Crippen molar-refractivity contribution in [2.45, 2.75) is 89.3 Å². The van der Waals surface area contributed by atoms with E-state index in [0.29, 0.717) is 0 Å². The number of hydrogen-bond donors (Lipinski definition) is 8. The number of carboxylic acid groups (broad SMARTS) is 4. The van der Waals surface area contributed by atoms with Crippen LogP contribution >= 0.6 is 46.4 Å². The third-order valence-corrected chi connectivity index (χ3v) is 10.7. The minimum absolute atomic E-state index is 0.0265. The van der Waals surface area contributed by atoms with Crippen LogP contribution in [-0.4, -0.2) is 130 Å². The van der Waals surface area contributed by atoms with E-state index in [1.54, 1.807) is 0 Å². The molecule has 2 aliphatic rings. The monoisotopic (exact) mass is 1030 g/mol. The Bertz CT molecular complexity index is 2100. The third kappa shape index (κ3) is 16.8. The van der Waals surface area contributed by atoms with Gasteiger partial charge in [0.2, 0.25) is 11.8 Å². The van der Waals surface area contributed by atoms with E-state index in [-0.39, 0.29) is 55.9 Å². The molecular weight excluding hydrogens is 988 g/mol. The van der Waals surface area contributed by atoms with E-state index in [2.05, 4.69) is 21.3 Å². The Morgan fingerprint density at radius 2 is 0.868 bits per heavy atom. The first-order valence-electron chi connectivity index (χ1n) is 20.4. The minimum Gasteiger partial charge on any atom is -0.506 e. The fourth-order valence-electron chi connectivity index (χ4n) is 6.76. The molecule has 0 radical (unpaired) electrons. The first-order valence-corrected chi connectivity index (χ1v) is 21.9. The summed E-state index contributed by atoms with van der Waals surface area (Å²) in [6.45, 7) is 6.35. The zero-order chi connectivity index (χ0) is 51.3. The maximum atomic E-state index is 12.5. The smallest absolute Gasteiger partial charge is 0.506 e. The van der Waals surface area contributed by atoms with Crippen molar-refractivity contribution >= 4 is 120 Å². The molecule has 2 fully saturated rings. The van der Waals surface area contributed by atoms with Gasteiger partial charge in [0.05, 0.1) is 71.8 Å². The quantitative estimate of drug-likeness (QED) is 0.0786. The van der Waals surface area contributed by atoms with Crippen LogP contribution in [0.1, 0.15) is 86.9 Å². The lowest BCUT2D eigenvalue weighted by Gasteiger charge is -2.24. The highest BCUT2D eigenvalue weighted by atomic mass is 35.5. The number of carbonyl (C=O) groups is 10. The fraction of sp³-hybridized carbons (Fsp3) is 0.450. The van der Waals surface area contributed by atoms with Crippen LogP contribution in [0.5, 0.6) is 0 Å². The molecule has 22 nitrogen and oxygen atoms in total. The highest BCUT2D eigenvalue weighted by Crippen LogP contribution is 2.34. The van der Waals surface area contributed by atoms with Gasteiger partial charge >= 0.3 is 50.1 Å². The highest BCUT2D eigenvalue weighted by molar-refractivity contribution is 6.52. The molecule has 2 heterocycles. The predicted molar refractivity (Wildman–Crippen MR) is 241 cm³/mol. The molecule has 2 atom stereocenters. The van der Waals surface area contributed by atoms with E-state index < -0.39 is 136 Å². The second-order valence-electron chi connectivity index (χ2n) is 16.3. The molecule has 2 aromatic rings. The molecule has 8 N–H and O–H groups in total. The number of amides is 4. The summed E-state index contributed by atoms with van der Waals surface area (Å²) in [6, 6.07) is 8.56. The number of nitrogens with one attached hydrogen (secondary N) is 4. The van der Waals surface area contributed by atoms with Crippen molar-refractivity contribution in [3.63, 3.8) is 0 Å². The number of halogens is 4. The van der Waals surface area contributed by atoms with Gasteiger partial charge in [0.25, 0.3) is 11.8 Å². The summed E-state index contributed by atoms with van der Waals surface area (Å²) in [4.78, 5) is 119. The number of rotatable bonds is 22. The highest BCUT2D eigenvalue weighted by Gasteiger charge is 2.59. The normalized spacial score (nSPS) is 15.6. The van der Waals surface area contributed by atoms with E-state index in [4.69, 9.17) is 85.4 Å². The van der Waals surface area contributed by atoms with Crippen LogP contribution in [0.25, 0.3) is 0 Å². The van der Waals surface area contributed by atoms with Crippen molar-refractivity contribution in [1.82, 2.24) is 21.3 Å². The van der Waals surface area contributed by atoms with Gasteiger partial charge in [-0.2, -0.15) is 0 Å². The first kappa shape index (κ1) is 56.7. The topological polar surface area (TPSA) is 337 Å². The molecular formula is C40H46B2Cl4N4O18. The van der Waals surface area contributed by atoms with E-state index in [9.17, 15) is 47.9 Å². The summed E-state index contributed by atoms with van der Waals surface area (Å²) < 4.78 is 21.3. The molecule has 0 unspecified atom stereocenters. The Labute approximate surface area is 408 Å². The van der Waals surface area contributed by atoms with E-state index in [1.165, 1.54) is 36.4 Å². The summed E-state index contributed by atoms with van der Waals surface area (Å²) in [5, 5.41) is 47.3. The molecule has 0 aliphatic carbocycles. The van der Waals surface area contributed by atoms with Gasteiger partial charge in [0, 0.05) is 10.0 Å².